The van der Waals surface area contributed by atoms with Crippen LogP contribution < -0.4 is 0 Å². The maximum absolute atomic E-state index is 12.4. The van der Waals surface area contributed by atoms with Crippen LogP contribution in [0.2, 0.25) is 0 Å². The third-order valence-corrected chi connectivity index (χ3v) is 4.15. The average molecular weight is 316 g/mol. The summed E-state index contributed by atoms with van der Waals surface area (Å²) in [6.45, 7) is 0. The van der Waals surface area contributed by atoms with Gasteiger partial charge in [-0.1, -0.05) is 58.4 Å². The SMILES string of the molecule is CN1[C@@H](C(=O)c2ccccc2)[C@@H]1c1ccc(Br)cc1. The van der Waals surface area contributed by atoms with Gasteiger partial charge in [-0.15, -0.1) is 0 Å². The molecule has 1 heterocycles. The third-order valence-electron chi connectivity index (χ3n) is 3.63. The molecule has 0 radical (unpaired) electrons. The van der Waals surface area contributed by atoms with E-state index in [1.165, 1.54) is 5.56 Å². The summed E-state index contributed by atoms with van der Waals surface area (Å²) in [6.07, 6.45) is 0. The molecule has 1 fully saturated rings. The predicted molar refractivity (Wildman–Crippen MR) is 79.2 cm³/mol. The predicted octanol–water partition coefficient (Wildman–Crippen LogP) is 3.69. The van der Waals surface area contributed by atoms with Crippen molar-refractivity contribution in [2.45, 2.75) is 12.1 Å². The van der Waals surface area contributed by atoms with Crippen molar-refractivity contribution in [1.29, 1.82) is 0 Å². The first-order chi connectivity index (χ1) is 9.18. The van der Waals surface area contributed by atoms with Crippen LogP contribution in [0.15, 0.2) is 59.1 Å². The molecule has 0 aromatic heterocycles. The van der Waals surface area contributed by atoms with E-state index in [0.29, 0.717) is 0 Å². The van der Waals surface area contributed by atoms with Gasteiger partial charge in [0.2, 0.25) is 0 Å². The largest absolute Gasteiger partial charge is 0.292 e. The molecule has 3 atom stereocenters. The summed E-state index contributed by atoms with van der Waals surface area (Å²) in [5.41, 5.74) is 1.99. The number of benzene rings is 2. The van der Waals surface area contributed by atoms with Gasteiger partial charge in [0.1, 0.15) is 0 Å². The Balaban J connectivity index is 1.81. The monoisotopic (exact) mass is 315 g/mol. The molecule has 2 nitrogen and oxygen atoms in total. The highest BCUT2D eigenvalue weighted by atomic mass is 79.9. The Bertz CT molecular complexity index is 594. The molecule has 1 aliphatic rings. The van der Waals surface area contributed by atoms with Crippen LogP contribution >= 0.6 is 15.9 Å². The van der Waals surface area contributed by atoms with Gasteiger partial charge in [0.05, 0.1) is 12.1 Å². The number of halogens is 1. The van der Waals surface area contributed by atoms with Gasteiger partial charge < -0.3 is 0 Å². The molecule has 3 heteroatoms. The molecular weight excluding hydrogens is 302 g/mol. The number of carbonyl (C=O) groups is 1. The quantitative estimate of drug-likeness (QED) is 0.636. The minimum Gasteiger partial charge on any atom is -0.292 e. The molecule has 0 bridgehead atoms. The summed E-state index contributed by atoms with van der Waals surface area (Å²) >= 11 is 3.43. The van der Waals surface area contributed by atoms with E-state index in [1.54, 1.807) is 0 Å². The van der Waals surface area contributed by atoms with E-state index < -0.39 is 0 Å². The van der Waals surface area contributed by atoms with Gasteiger partial charge >= 0.3 is 0 Å². The molecule has 96 valence electrons. The van der Waals surface area contributed by atoms with E-state index in [1.807, 2.05) is 49.5 Å². The van der Waals surface area contributed by atoms with E-state index in [4.69, 9.17) is 0 Å². The van der Waals surface area contributed by atoms with Crippen LogP contribution in [0.4, 0.5) is 0 Å². The van der Waals surface area contributed by atoms with Gasteiger partial charge in [0.15, 0.2) is 5.78 Å². The minimum atomic E-state index is -0.0245. The van der Waals surface area contributed by atoms with Crippen LogP contribution in [0, 0.1) is 0 Å². The third kappa shape index (κ3) is 2.36. The molecule has 0 N–H and O–H groups in total. The molecule has 0 saturated carbocycles. The van der Waals surface area contributed by atoms with Crippen LogP contribution in [0.5, 0.6) is 0 Å². The van der Waals surface area contributed by atoms with E-state index in [0.717, 1.165) is 10.0 Å². The molecule has 1 unspecified atom stereocenters. The average Bonchev–Trinajstić information content (AvgIpc) is 3.11. The van der Waals surface area contributed by atoms with Gasteiger partial charge in [0.25, 0.3) is 0 Å². The van der Waals surface area contributed by atoms with E-state index >= 15 is 0 Å². The van der Waals surface area contributed by atoms with Crippen LogP contribution in [-0.2, 0) is 0 Å². The van der Waals surface area contributed by atoms with Gasteiger partial charge in [-0.3, -0.25) is 9.69 Å². The van der Waals surface area contributed by atoms with Crippen LogP contribution in [-0.4, -0.2) is 23.8 Å². The molecular formula is C16H14BrNO. The van der Waals surface area contributed by atoms with Crippen molar-refractivity contribution in [2.75, 3.05) is 7.05 Å². The Labute approximate surface area is 121 Å². The van der Waals surface area contributed by atoms with Crippen molar-refractivity contribution in [3.05, 3.63) is 70.2 Å². The van der Waals surface area contributed by atoms with Gasteiger partial charge in [-0.25, -0.2) is 0 Å². The number of hydrogen-bond acceptors (Lipinski definition) is 2. The Morgan fingerprint density at radius 3 is 2.32 bits per heavy atom. The maximum Gasteiger partial charge on any atom is 0.181 e. The molecule has 0 spiro atoms. The highest BCUT2D eigenvalue weighted by Gasteiger charge is 2.50. The second kappa shape index (κ2) is 4.91. The van der Waals surface area contributed by atoms with Crippen molar-refractivity contribution in [1.82, 2.24) is 4.90 Å². The lowest BCUT2D eigenvalue weighted by Crippen LogP contribution is -2.11. The second-order valence-corrected chi connectivity index (χ2v) is 5.75. The fourth-order valence-electron chi connectivity index (χ4n) is 2.52. The fraction of sp³-hybridized carbons (Fsp3) is 0.188. The Kier molecular flexibility index (Phi) is 3.25. The summed E-state index contributed by atoms with van der Waals surface area (Å²) < 4.78 is 1.06. The van der Waals surface area contributed by atoms with E-state index in [9.17, 15) is 4.79 Å². The molecule has 2 aromatic carbocycles. The van der Waals surface area contributed by atoms with Crippen LogP contribution in [0.3, 0.4) is 0 Å². The van der Waals surface area contributed by atoms with Gasteiger partial charge in [-0.2, -0.15) is 0 Å². The highest BCUT2D eigenvalue weighted by molar-refractivity contribution is 9.10. The number of Topliss-reactive ketones (excluding diaryl/α,β-unsaturated/α-hetero) is 1. The molecule has 1 aliphatic heterocycles. The lowest BCUT2D eigenvalue weighted by molar-refractivity contribution is 0.0977. The van der Waals surface area contributed by atoms with Crippen molar-refractivity contribution in [3.63, 3.8) is 0 Å². The summed E-state index contributed by atoms with van der Waals surface area (Å²) in [5.74, 6) is 0.205. The first kappa shape index (κ1) is 12.6. The molecule has 0 amide bonds. The maximum atomic E-state index is 12.4. The first-order valence-electron chi connectivity index (χ1n) is 6.25. The van der Waals surface area contributed by atoms with Gasteiger partial charge in [0, 0.05) is 10.0 Å². The first-order valence-corrected chi connectivity index (χ1v) is 7.04. The lowest BCUT2D eigenvalue weighted by Gasteiger charge is -1.99. The molecule has 3 rings (SSSR count). The zero-order valence-corrected chi connectivity index (χ0v) is 12.2. The summed E-state index contributed by atoms with van der Waals surface area (Å²) in [6, 6.07) is 17.9. The fourth-order valence-corrected chi connectivity index (χ4v) is 2.78. The molecule has 19 heavy (non-hydrogen) atoms. The summed E-state index contributed by atoms with van der Waals surface area (Å²) in [5, 5.41) is 0. The molecule has 2 aromatic rings. The van der Waals surface area contributed by atoms with E-state index in [2.05, 4.69) is 33.0 Å². The van der Waals surface area contributed by atoms with Crippen molar-refractivity contribution in [3.8, 4) is 0 Å². The second-order valence-electron chi connectivity index (χ2n) is 4.84. The highest BCUT2D eigenvalue weighted by Crippen LogP contribution is 2.43. The minimum absolute atomic E-state index is 0.0245. The normalized spacial score (nSPS) is 25.1. The van der Waals surface area contributed by atoms with Gasteiger partial charge in [-0.05, 0) is 24.7 Å². The lowest BCUT2D eigenvalue weighted by atomic mass is 10.0. The van der Waals surface area contributed by atoms with Crippen LogP contribution in [0.1, 0.15) is 22.0 Å². The van der Waals surface area contributed by atoms with E-state index in [-0.39, 0.29) is 17.9 Å². The zero-order chi connectivity index (χ0) is 13.4. The smallest absolute Gasteiger partial charge is 0.181 e. The number of likely N-dealkylation sites (N-methyl/N-ethyl adjacent to an activating group) is 1. The van der Waals surface area contributed by atoms with Crippen molar-refractivity contribution >= 4 is 21.7 Å². The molecule has 0 aliphatic carbocycles. The zero-order valence-electron chi connectivity index (χ0n) is 10.6. The standard InChI is InChI=1S/C16H14BrNO/c1-18-14(11-7-9-13(17)10-8-11)15(18)16(19)12-5-3-2-4-6-12/h2-10,14-15H,1H3/t14-,15+,18?/m0/s1. The Hall–Kier alpha value is -1.45. The number of rotatable bonds is 3. The number of nitrogens with zero attached hydrogens (tertiary/aromatic N) is 1. The number of hydrogen-bond donors (Lipinski definition) is 0. The van der Waals surface area contributed by atoms with Crippen molar-refractivity contribution < 1.29 is 4.79 Å². The number of ketones is 1. The summed E-state index contributed by atoms with van der Waals surface area (Å²) in [4.78, 5) is 14.5. The Morgan fingerprint density at radius 2 is 1.68 bits per heavy atom. The topological polar surface area (TPSA) is 20.1 Å². The molecule has 1 saturated heterocycles. The van der Waals surface area contributed by atoms with Crippen molar-refractivity contribution in [2.24, 2.45) is 0 Å². The Morgan fingerprint density at radius 1 is 1.05 bits per heavy atom. The van der Waals surface area contributed by atoms with Crippen LogP contribution in [0.25, 0.3) is 0 Å². The number of carbonyl (C=O) groups excluding carboxylic acids is 1. The summed E-state index contributed by atoms with van der Waals surface area (Å²) in [7, 11) is 2.00.